The normalized spacial score (nSPS) is 18.6. The van der Waals surface area contributed by atoms with Crippen molar-refractivity contribution >= 4 is 39.0 Å². The molecule has 2 saturated heterocycles. The maximum atomic E-state index is 14.2. The van der Waals surface area contributed by atoms with Gasteiger partial charge in [-0.3, -0.25) is 4.68 Å². The predicted octanol–water partition coefficient (Wildman–Crippen LogP) is 5.32. The fourth-order valence-corrected chi connectivity index (χ4v) is 6.79. The number of hydrogen-bond acceptors (Lipinski definition) is 7. The Balaban J connectivity index is 1.39. The van der Waals surface area contributed by atoms with Crippen molar-refractivity contribution in [2.45, 2.75) is 32.0 Å². The molecule has 0 saturated carbocycles. The van der Waals surface area contributed by atoms with Crippen molar-refractivity contribution in [2.75, 3.05) is 61.9 Å². The van der Waals surface area contributed by atoms with Crippen LogP contribution >= 0.6 is 11.6 Å². The third kappa shape index (κ3) is 6.78. The number of alkyl halides is 3. The molecule has 0 radical (unpaired) electrons. The molecule has 5 rings (SSSR count). The van der Waals surface area contributed by atoms with Gasteiger partial charge in [-0.2, -0.15) is 22.6 Å². The van der Waals surface area contributed by atoms with Crippen LogP contribution in [0.1, 0.15) is 41.9 Å². The van der Waals surface area contributed by atoms with E-state index in [-0.39, 0.29) is 13.2 Å². The van der Waals surface area contributed by atoms with Gasteiger partial charge in [-0.1, -0.05) is 29.8 Å². The fourth-order valence-electron chi connectivity index (χ4n) is 5.79. The number of ether oxygens (including phenoxy) is 1. The largest absolute Gasteiger partial charge is 0.462 e. The molecule has 9 nitrogen and oxygen atoms in total. The van der Waals surface area contributed by atoms with Crippen LogP contribution < -0.4 is 9.80 Å². The van der Waals surface area contributed by atoms with Crippen molar-refractivity contribution in [2.24, 2.45) is 0 Å². The van der Waals surface area contributed by atoms with Gasteiger partial charge in [-0.25, -0.2) is 13.2 Å². The van der Waals surface area contributed by atoms with Crippen LogP contribution in [-0.4, -0.2) is 80.6 Å². The number of piperidine rings is 1. The molecule has 43 heavy (non-hydrogen) atoms. The van der Waals surface area contributed by atoms with Crippen molar-refractivity contribution in [3.05, 3.63) is 64.9 Å². The highest BCUT2D eigenvalue weighted by Gasteiger charge is 2.42. The van der Waals surface area contributed by atoms with Crippen LogP contribution in [0.3, 0.4) is 0 Å². The van der Waals surface area contributed by atoms with Gasteiger partial charge in [0.25, 0.3) is 0 Å². The monoisotopic (exact) mass is 639 g/mol. The molecule has 3 aromatic rings. The maximum absolute atomic E-state index is 14.2. The number of anilines is 2. The van der Waals surface area contributed by atoms with E-state index in [0.29, 0.717) is 50.6 Å². The fraction of sp³-hybridized carbons (Fsp3) is 0.448. The number of hydrogen-bond donors (Lipinski definition) is 0. The number of carbonyl (C=O) groups is 1. The predicted molar refractivity (Wildman–Crippen MR) is 159 cm³/mol. The summed E-state index contributed by atoms with van der Waals surface area (Å²) in [5.41, 5.74) is 1.86. The number of esters is 1. The van der Waals surface area contributed by atoms with Crippen molar-refractivity contribution in [3.63, 3.8) is 0 Å². The van der Waals surface area contributed by atoms with Gasteiger partial charge >= 0.3 is 12.1 Å². The van der Waals surface area contributed by atoms with Gasteiger partial charge in [-0.15, -0.1) is 0 Å². The van der Waals surface area contributed by atoms with E-state index in [1.165, 1.54) is 17.5 Å². The van der Waals surface area contributed by atoms with Gasteiger partial charge < -0.3 is 14.5 Å². The number of sulfonamides is 1. The van der Waals surface area contributed by atoms with Crippen LogP contribution in [0.15, 0.2) is 48.7 Å². The van der Waals surface area contributed by atoms with Gasteiger partial charge in [0.2, 0.25) is 10.0 Å². The maximum Gasteiger partial charge on any atom is 0.433 e. The Morgan fingerprint density at radius 2 is 1.74 bits per heavy atom. The summed E-state index contributed by atoms with van der Waals surface area (Å²) in [4.78, 5) is 16.4. The first kappa shape index (κ1) is 31.1. The molecule has 2 fully saturated rings. The number of nitrogens with zero attached hydrogens (tertiary/aromatic N) is 5. The van der Waals surface area contributed by atoms with Crippen LogP contribution in [0.4, 0.5) is 24.5 Å². The standard InChI is InChI=1S/C29H33ClF3N5O4S/c1-3-42-28(39)25-18-34-38(27(25)29(31,32)33)23-5-4-12-36(19-23)26-17-21(30)8-11-24(26)20-6-9-22(10-7-20)35-13-15-37(16-14-35)43(2,40)41/h6-11,17-18,23H,3-5,12-16,19H2,1-2H3. The molecule has 0 amide bonds. The zero-order valence-corrected chi connectivity index (χ0v) is 25.4. The first-order valence-corrected chi connectivity index (χ1v) is 16.3. The molecule has 0 N–H and O–H groups in total. The van der Waals surface area contributed by atoms with E-state index in [1.807, 2.05) is 41.3 Å². The molecule has 2 aromatic carbocycles. The quantitative estimate of drug-likeness (QED) is 0.323. The van der Waals surface area contributed by atoms with Crippen LogP contribution in [0, 0.1) is 0 Å². The van der Waals surface area contributed by atoms with Crippen LogP contribution in [0.2, 0.25) is 5.02 Å². The third-order valence-corrected chi connectivity index (χ3v) is 9.39. The molecule has 1 unspecified atom stereocenters. The minimum Gasteiger partial charge on any atom is -0.462 e. The molecule has 0 spiro atoms. The number of carbonyl (C=O) groups excluding carboxylic acids is 1. The second kappa shape index (κ2) is 12.4. The SMILES string of the molecule is CCOC(=O)c1cnn(C2CCCN(c3cc(Cl)ccc3-c3ccc(N4CCN(S(C)(=O)=O)CC4)cc3)C2)c1C(F)(F)F. The van der Waals surface area contributed by atoms with E-state index in [4.69, 9.17) is 16.3 Å². The lowest BCUT2D eigenvalue weighted by atomic mass is 9.99. The Kier molecular flexibility index (Phi) is 8.96. The Morgan fingerprint density at radius 3 is 2.37 bits per heavy atom. The van der Waals surface area contributed by atoms with Crippen LogP contribution in [0.5, 0.6) is 0 Å². The lowest BCUT2D eigenvalue weighted by Gasteiger charge is -2.36. The summed E-state index contributed by atoms with van der Waals surface area (Å²) in [6.07, 6.45) is -1.56. The molecule has 14 heteroatoms. The van der Waals surface area contributed by atoms with Crippen LogP contribution in [0.25, 0.3) is 11.1 Å². The lowest BCUT2D eigenvalue weighted by molar-refractivity contribution is -0.145. The molecule has 3 heterocycles. The molecule has 2 aliphatic heterocycles. The first-order valence-electron chi connectivity index (χ1n) is 14.0. The van der Waals surface area contributed by atoms with Gasteiger partial charge in [0.15, 0.2) is 5.69 Å². The van der Waals surface area contributed by atoms with Gasteiger partial charge in [0.1, 0.15) is 5.56 Å². The minimum atomic E-state index is -4.79. The Morgan fingerprint density at radius 1 is 1.05 bits per heavy atom. The second-order valence-corrected chi connectivity index (χ2v) is 13.1. The summed E-state index contributed by atoms with van der Waals surface area (Å²) in [6, 6.07) is 12.8. The van der Waals surface area contributed by atoms with E-state index < -0.39 is 39.5 Å². The number of aromatic nitrogens is 2. The second-order valence-electron chi connectivity index (χ2n) is 10.7. The van der Waals surface area contributed by atoms with Crippen molar-refractivity contribution < 1.29 is 31.1 Å². The van der Waals surface area contributed by atoms with E-state index in [1.54, 1.807) is 6.07 Å². The molecule has 232 valence electrons. The summed E-state index contributed by atoms with van der Waals surface area (Å²) < 4.78 is 73.4. The van der Waals surface area contributed by atoms with Gasteiger partial charge in [0.05, 0.1) is 25.1 Å². The first-order chi connectivity index (χ1) is 20.4. The molecule has 1 atom stereocenters. The average Bonchev–Trinajstić information content (AvgIpc) is 3.44. The average molecular weight is 640 g/mol. The number of rotatable bonds is 7. The van der Waals surface area contributed by atoms with E-state index in [9.17, 15) is 26.4 Å². The highest BCUT2D eigenvalue weighted by atomic mass is 35.5. The molecule has 0 aliphatic carbocycles. The number of benzene rings is 2. The summed E-state index contributed by atoms with van der Waals surface area (Å²) in [5, 5.41) is 4.51. The number of piperazine rings is 1. The molecule has 0 bridgehead atoms. The van der Waals surface area contributed by atoms with E-state index in [0.717, 1.165) is 33.4 Å². The van der Waals surface area contributed by atoms with Crippen molar-refractivity contribution in [1.29, 1.82) is 0 Å². The smallest absolute Gasteiger partial charge is 0.433 e. The highest BCUT2D eigenvalue weighted by Crippen LogP contribution is 2.39. The van der Waals surface area contributed by atoms with Crippen molar-refractivity contribution in [3.8, 4) is 11.1 Å². The Labute approximate surface area is 253 Å². The summed E-state index contributed by atoms with van der Waals surface area (Å²) in [7, 11) is -3.22. The van der Waals surface area contributed by atoms with Gasteiger partial charge in [-0.05, 0) is 49.6 Å². The zero-order chi connectivity index (χ0) is 30.9. The Bertz CT molecular complexity index is 1570. The lowest BCUT2D eigenvalue weighted by Crippen LogP contribution is -2.48. The Hall–Kier alpha value is -3.29. The molecule has 2 aliphatic rings. The van der Waals surface area contributed by atoms with Crippen molar-refractivity contribution in [1.82, 2.24) is 14.1 Å². The topological polar surface area (TPSA) is 88.0 Å². The van der Waals surface area contributed by atoms with E-state index >= 15 is 0 Å². The van der Waals surface area contributed by atoms with Crippen LogP contribution in [-0.2, 0) is 20.9 Å². The number of halogens is 4. The highest BCUT2D eigenvalue weighted by molar-refractivity contribution is 7.88. The summed E-state index contributed by atoms with van der Waals surface area (Å²) in [5.74, 6) is -1.05. The minimum absolute atomic E-state index is 0.0448. The summed E-state index contributed by atoms with van der Waals surface area (Å²) >= 11 is 6.40. The van der Waals surface area contributed by atoms with Gasteiger partial charge in [0, 0.05) is 61.2 Å². The molecule has 1 aromatic heterocycles. The summed E-state index contributed by atoms with van der Waals surface area (Å²) in [6.45, 7) is 4.35. The zero-order valence-electron chi connectivity index (χ0n) is 23.8. The third-order valence-electron chi connectivity index (χ3n) is 7.85. The molecular formula is C29H33ClF3N5O4S. The molecular weight excluding hydrogens is 607 g/mol. The van der Waals surface area contributed by atoms with E-state index in [2.05, 4.69) is 10.00 Å².